The summed E-state index contributed by atoms with van der Waals surface area (Å²) in [5.41, 5.74) is 0.993. The van der Waals surface area contributed by atoms with Gasteiger partial charge in [-0.1, -0.05) is 38.0 Å². The van der Waals surface area contributed by atoms with Gasteiger partial charge >= 0.3 is 0 Å². The van der Waals surface area contributed by atoms with Crippen LogP contribution in [0.5, 0.6) is 0 Å². The molecular formula is C19H25FN4O. The summed E-state index contributed by atoms with van der Waals surface area (Å²) in [6, 6.07) is 8.33. The molecule has 0 radical (unpaired) electrons. The number of hydrogen-bond acceptors (Lipinski definition) is 4. The molecule has 5 nitrogen and oxygen atoms in total. The number of rotatable bonds is 9. The lowest BCUT2D eigenvalue weighted by atomic mass is 10.1. The van der Waals surface area contributed by atoms with E-state index in [9.17, 15) is 9.18 Å². The van der Waals surface area contributed by atoms with Crippen molar-refractivity contribution < 1.29 is 9.18 Å². The van der Waals surface area contributed by atoms with E-state index in [0.717, 1.165) is 19.3 Å². The Morgan fingerprint density at radius 2 is 1.96 bits per heavy atom. The number of aromatic nitrogens is 2. The number of benzene rings is 1. The summed E-state index contributed by atoms with van der Waals surface area (Å²) in [4.78, 5) is 20.6. The molecule has 1 heterocycles. The average Bonchev–Trinajstić information content (AvgIpc) is 2.60. The van der Waals surface area contributed by atoms with Crippen molar-refractivity contribution in [1.29, 1.82) is 0 Å². The second-order valence-electron chi connectivity index (χ2n) is 5.92. The van der Waals surface area contributed by atoms with E-state index in [1.807, 2.05) is 6.07 Å². The number of halogens is 1. The van der Waals surface area contributed by atoms with Crippen LogP contribution in [0, 0.1) is 12.7 Å². The maximum Gasteiger partial charge on any atom is 0.270 e. The van der Waals surface area contributed by atoms with Crippen molar-refractivity contribution in [3.63, 3.8) is 0 Å². The van der Waals surface area contributed by atoms with Crippen molar-refractivity contribution >= 4 is 11.7 Å². The monoisotopic (exact) mass is 344 g/mol. The number of carbonyl (C=O) groups excluding carboxylic acids is 1. The molecule has 0 aliphatic rings. The maximum atomic E-state index is 13.6. The van der Waals surface area contributed by atoms with Gasteiger partial charge in [0.25, 0.3) is 5.91 Å². The molecule has 2 aromatic rings. The van der Waals surface area contributed by atoms with Crippen molar-refractivity contribution in [1.82, 2.24) is 15.3 Å². The van der Waals surface area contributed by atoms with Crippen molar-refractivity contribution in [3.05, 3.63) is 53.2 Å². The quantitative estimate of drug-likeness (QED) is 0.683. The first-order chi connectivity index (χ1) is 12.1. The summed E-state index contributed by atoms with van der Waals surface area (Å²) >= 11 is 0. The van der Waals surface area contributed by atoms with Crippen LogP contribution in [0.15, 0.2) is 30.3 Å². The second kappa shape index (κ2) is 9.71. The zero-order valence-corrected chi connectivity index (χ0v) is 14.8. The third-order valence-electron chi connectivity index (χ3n) is 3.79. The summed E-state index contributed by atoms with van der Waals surface area (Å²) in [5, 5.41) is 6.01. The highest BCUT2D eigenvalue weighted by Gasteiger charge is 2.10. The molecule has 1 amide bonds. The molecule has 134 valence electrons. The van der Waals surface area contributed by atoms with Gasteiger partial charge in [-0.25, -0.2) is 14.4 Å². The summed E-state index contributed by atoms with van der Waals surface area (Å²) in [7, 11) is 0. The van der Waals surface area contributed by atoms with E-state index in [1.165, 1.54) is 6.07 Å². The fraction of sp³-hybridized carbons (Fsp3) is 0.421. The Labute approximate surface area is 148 Å². The zero-order chi connectivity index (χ0) is 18.1. The lowest BCUT2D eigenvalue weighted by Crippen LogP contribution is -2.26. The molecule has 0 aliphatic carbocycles. The van der Waals surface area contributed by atoms with E-state index in [1.54, 1.807) is 25.1 Å². The van der Waals surface area contributed by atoms with Gasteiger partial charge < -0.3 is 10.6 Å². The molecule has 25 heavy (non-hydrogen) atoms. The van der Waals surface area contributed by atoms with Gasteiger partial charge in [0, 0.05) is 19.2 Å². The topological polar surface area (TPSA) is 66.9 Å². The molecule has 0 unspecified atom stereocenters. The summed E-state index contributed by atoms with van der Waals surface area (Å²) in [5.74, 6) is 0.686. The minimum Gasteiger partial charge on any atom is -0.370 e. The minimum absolute atomic E-state index is 0.196. The SMILES string of the molecule is CCCCCNC(=O)c1cc(NCCc2ccccc2F)nc(C)n1. The van der Waals surface area contributed by atoms with E-state index in [2.05, 4.69) is 27.5 Å². The van der Waals surface area contributed by atoms with Gasteiger partial charge in [-0.05, 0) is 31.4 Å². The highest BCUT2D eigenvalue weighted by molar-refractivity contribution is 5.92. The Bertz CT molecular complexity index is 706. The van der Waals surface area contributed by atoms with Crippen LogP contribution in [0.1, 0.15) is 48.1 Å². The maximum absolute atomic E-state index is 13.6. The Morgan fingerprint density at radius 3 is 2.72 bits per heavy atom. The molecule has 0 aliphatic heterocycles. The van der Waals surface area contributed by atoms with Gasteiger partial charge in [0.15, 0.2) is 0 Å². The van der Waals surface area contributed by atoms with Gasteiger partial charge in [-0.15, -0.1) is 0 Å². The zero-order valence-electron chi connectivity index (χ0n) is 14.8. The largest absolute Gasteiger partial charge is 0.370 e. The smallest absolute Gasteiger partial charge is 0.270 e. The van der Waals surface area contributed by atoms with E-state index in [4.69, 9.17) is 0 Å². The van der Waals surface area contributed by atoms with Gasteiger partial charge in [0.05, 0.1) is 0 Å². The Kier molecular flexibility index (Phi) is 7.32. The van der Waals surface area contributed by atoms with Gasteiger partial charge in [0.1, 0.15) is 23.2 Å². The van der Waals surface area contributed by atoms with Crippen LogP contribution < -0.4 is 10.6 Å². The first kappa shape index (κ1) is 18.8. The number of aryl methyl sites for hydroxylation is 1. The van der Waals surface area contributed by atoms with E-state index in [0.29, 0.717) is 42.4 Å². The van der Waals surface area contributed by atoms with Crippen molar-refractivity contribution in [2.75, 3.05) is 18.4 Å². The number of hydrogen-bond donors (Lipinski definition) is 2. The van der Waals surface area contributed by atoms with E-state index in [-0.39, 0.29) is 11.7 Å². The summed E-state index contributed by atoms with van der Waals surface area (Å²) < 4.78 is 13.6. The molecule has 2 N–H and O–H groups in total. The van der Waals surface area contributed by atoms with Crippen LogP contribution in [-0.2, 0) is 6.42 Å². The minimum atomic E-state index is -0.213. The second-order valence-corrected chi connectivity index (χ2v) is 5.92. The summed E-state index contributed by atoms with van der Waals surface area (Å²) in [6.07, 6.45) is 3.69. The third-order valence-corrected chi connectivity index (χ3v) is 3.79. The highest BCUT2D eigenvalue weighted by atomic mass is 19.1. The standard InChI is InChI=1S/C19H25FN4O/c1-3-4-7-11-22-19(25)17-13-18(24-14(2)23-17)21-12-10-15-8-5-6-9-16(15)20/h5-6,8-9,13H,3-4,7,10-12H2,1-2H3,(H,22,25)(H,21,23,24). The van der Waals surface area contributed by atoms with Crippen LogP contribution in [0.3, 0.4) is 0 Å². The molecule has 0 spiro atoms. The molecule has 6 heteroatoms. The molecule has 2 rings (SSSR count). The van der Waals surface area contributed by atoms with Gasteiger partial charge in [-0.3, -0.25) is 4.79 Å². The van der Waals surface area contributed by atoms with Gasteiger partial charge in [0.2, 0.25) is 0 Å². The highest BCUT2D eigenvalue weighted by Crippen LogP contribution is 2.10. The molecule has 0 fully saturated rings. The van der Waals surface area contributed by atoms with Crippen LogP contribution in [0.2, 0.25) is 0 Å². The molecule has 0 atom stereocenters. The fourth-order valence-corrected chi connectivity index (χ4v) is 2.47. The van der Waals surface area contributed by atoms with Crippen LogP contribution in [0.4, 0.5) is 10.2 Å². The Morgan fingerprint density at radius 1 is 1.16 bits per heavy atom. The number of nitrogens with zero attached hydrogens (tertiary/aromatic N) is 2. The first-order valence-electron chi connectivity index (χ1n) is 8.71. The van der Waals surface area contributed by atoms with E-state index >= 15 is 0 Å². The number of amides is 1. The number of anilines is 1. The Balaban J connectivity index is 1.91. The molecule has 0 saturated carbocycles. The lowest BCUT2D eigenvalue weighted by Gasteiger charge is -2.09. The molecule has 1 aromatic heterocycles. The van der Waals surface area contributed by atoms with Crippen LogP contribution in [-0.4, -0.2) is 29.0 Å². The molecule has 0 saturated heterocycles. The number of nitrogens with one attached hydrogen (secondary N) is 2. The molecule has 0 bridgehead atoms. The van der Waals surface area contributed by atoms with Gasteiger partial charge in [-0.2, -0.15) is 0 Å². The first-order valence-corrected chi connectivity index (χ1v) is 8.71. The van der Waals surface area contributed by atoms with Crippen LogP contribution in [0.25, 0.3) is 0 Å². The van der Waals surface area contributed by atoms with Crippen molar-refractivity contribution in [3.8, 4) is 0 Å². The molecule has 1 aromatic carbocycles. The Hall–Kier alpha value is -2.50. The van der Waals surface area contributed by atoms with Crippen LogP contribution >= 0.6 is 0 Å². The fourth-order valence-electron chi connectivity index (χ4n) is 2.47. The van der Waals surface area contributed by atoms with E-state index < -0.39 is 0 Å². The lowest BCUT2D eigenvalue weighted by molar-refractivity contribution is 0.0947. The van der Waals surface area contributed by atoms with Crippen molar-refractivity contribution in [2.45, 2.75) is 39.5 Å². The number of unbranched alkanes of at least 4 members (excludes halogenated alkanes) is 2. The predicted octanol–water partition coefficient (Wildman–Crippen LogP) is 3.50. The third kappa shape index (κ3) is 6.14. The normalized spacial score (nSPS) is 10.5. The predicted molar refractivity (Wildman–Crippen MR) is 97.2 cm³/mol. The van der Waals surface area contributed by atoms with Crippen molar-refractivity contribution in [2.24, 2.45) is 0 Å². The average molecular weight is 344 g/mol. The number of carbonyl (C=O) groups is 1. The molecular weight excluding hydrogens is 319 g/mol. The summed E-state index contributed by atoms with van der Waals surface area (Å²) in [6.45, 7) is 5.03.